The molecule has 0 amide bonds. The van der Waals surface area contributed by atoms with E-state index in [-0.39, 0.29) is 0 Å². The third-order valence-corrected chi connectivity index (χ3v) is 1.49. The van der Waals surface area contributed by atoms with Gasteiger partial charge in [0.1, 0.15) is 6.10 Å². The summed E-state index contributed by atoms with van der Waals surface area (Å²) in [6, 6.07) is 0. The van der Waals surface area contributed by atoms with E-state index in [1.807, 2.05) is 13.8 Å². The summed E-state index contributed by atoms with van der Waals surface area (Å²) in [5, 5.41) is 9.43. The fourth-order valence-electron chi connectivity index (χ4n) is 1.00. The fourth-order valence-corrected chi connectivity index (χ4v) is 1.00. The molecule has 0 aliphatic rings. The molecule has 0 aromatic heterocycles. The average molecular weight is 162 g/mol. The summed E-state index contributed by atoms with van der Waals surface area (Å²) in [5.41, 5.74) is 0. The topological polar surface area (TPSA) is 38.7 Å². The minimum Gasteiger partial charge on any atom is -0.388 e. The lowest BCUT2D eigenvalue weighted by Crippen LogP contribution is -2.30. The fraction of sp³-hybridized carbons (Fsp3) is 1.00. The van der Waals surface area contributed by atoms with Crippen LogP contribution in [0.3, 0.4) is 0 Å². The Bertz CT molecular complexity index is 89.3. The molecule has 0 heterocycles. The molecule has 0 aliphatic carbocycles. The molecule has 0 saturated carbocycles. The Morgan fingerprint density at radius 1 is 1.18 bits per heavy atom. The molecule has 0 aromatic carbocycles. The van der Waals surface area contributed by atoms with Gasteiger partial charge in [0, 0.05) is 14.2 Å². The Balaban J connectivity index is 3.68. The highest BCUT2D eigenvalue weighted by atomic mass is 16.7. The third kappa shape index (κ3) is 4.35. The van der Waals surface area contributed by atoms with Gasteiger partial charge < -0.3 is 14.6 Å². The van der Waals surface area contributed by atoms with E-state index in [0.29, 0.717) is 12.3 Å². The van der Waals surface area contributed by atoms with Crippen LogP contribution in [0.25, 0.3) is 0 Å². The molecule has 0 aromatic rings. The molecule has 1 N–H and O–H groups in total. The second-order valence-electron chi connectivity index (χ2n) is 3.04. The lowest BCUT2D eigenvalue weighted by molar-refractivity contribution is -0.167. The molecule has 68 valence electrons. The maximum atomic E-state index is 9.43. The lowest BCUT2D eigenvalue weighted by atomic mass is 10.1. The van der Waals surface area contributed by atoms with Crippen molar-refractivity contribution in [1.29, 1.82) is 0 Å². The van der Waals surface area contributed by atoms with Gasteiger partial charge in [-0.25, -0.2) is 0 Å². The van der Waals surface area contributed by atoms with E-state index < -0.39 is 12.4 Å². The minimum absolute atomic E-state index is 0.456. The Morgan fingerprint density at radius 2 is 1.64 bits per heavy atom. The molecule has 1 unspecified atom stereocenters. The molecule has 0 radical (unpaired) electrons. The first-order valence-electron chi connectivity index (χ1n) is 3.85. The summed E-state index contributed by atoms with van der Waals surface area (Å²) in [5.74, 6) is 0.456. The maximum Gasteiger partial charge on any atom is 0.182 e. The molecule has 11 heavy (non-hydrogen) atoms. The van der Waals surface area contributed by atoms with E-state index in [0.717, 1.165) is 0 Å². The number of methoxy groups -OCH3 is 2. The quantitative estimate of drug-likeness (QED) is 0.613. The second-order valence-corrected chi connectivity index (χ2v) is 3.04. The van der Waals surface area contributed by atoms with Crippen LogP contribution in [0.4, 0.5) is 0 Å². The van der Waals surface area contributed by atoms with Gasteiger partial charge in [0.25, 0.3) is 0 Å². The van der Waals surface area contributed by atoms with E-state index >= 15 is 0 Å². The van der Waals surface area contributed by atoms with Gasteiger partial charge in [-0.1, -0.05) is 13.8 Å². The Morgan fingerprint density at radius 3 is 1.91 bits per heavy atom. The van der Waals surface area contributed by atoms with Crippen LogP contribution in [0.5, 0.6) is 0 Å². The van der Waals surface area contributed by atoms with Gasteiger partial charge in [0.2, 0.25) is 0 Å². The van der Waals surface area contributed by atoms with Crippen LogP contribution < -0.4 is 0 Å². The van der Waals surface area contributed by atoms with Crippen molar-refractivity contribution in [2.75, 3.05) is 14.2 Å². The standard InChI is InChI=1S/C8H18O3/c1-6(2)5-7(9)8(10-3)11-4/h6-9H,5H2,1-4H3. The zero-order chi connectivity index (χ0) is 8.85. The van der Waals surface area contributed by atoms with E-state index in [9.17, 15) is 5.11 Å². The average Bonchev–Trinajstić information content (AvgIpc) is 1.88. The Kier molecular flexibility index (Phi) is 5.46. The normalized spacial score (nSPS) is 14.5. The Labute approximate surface area is 68.3 Å². The van der Waals surface area contributed by atoms with Gasteiger partial charge in [-0.3, -0.25) is 0 Å². The van der Waals surface area contributed by atoms with E-state index in [4.69, 9.17) is 9.47 Å². The van der Waals surface area contributed by atoms with Crippen LogP contribution in [0.2, 0.25) is 0 Å². The highest BCUT2D eigenvalue weighted by Gasteiger charge is 2.18. The van der Waals surface area contributed by atoms with E-state index in [2.05, 4.69) is 0 Å². The van der Waals surface area contributed by atoms with E-state index in [1.54, 1.807) is 0 Å². The van der Waals surface area contributed by atoms with Crippen LogP contribution in [-0.4, -0.2) is 31.7 Å². The highest BCUT2D eigenvalue weighted by Crippen LogP contribution is 2.10. The Hall–Kier alpha value is -0.120. The largest absolute Gasteiger partial charge is 0.388 e. The third-order valence-electron chi connectivity index (χ3n) is 1.49. The van der Waals surface area contributed by atoms with Gasteiger partial charge in [-0.15, -0.1) is 0 Å². The second kappa shape index (κ2) is 5.52. The van der Waals surface area contributed by atoms with Gasteiger partial charge in [-0.2, -0.15) is 0 Å². The van der Waals surface area contributed by atoms with Crippen molar-refractivity contribution in [2.24, 2.45) is 5.92 Å². The number of hydrogen-bond acceptors (Lipinski definition) is 3. The zero-order valence-corrected chi connectivity index (χ0v) is 7.70. The van der Waals surface area contributed by atoms with Crippen molar-refractivity contribution in [2.45, 2.75) is 32.7 Å². The predicted molar refractivity (Wildman–Crippen MR) is 43.3 cm³/mol. The van der Waals surface area contributed by atoms with Gasteiger partial charge in [-0.05, 0) is 12.3 Å². The number of hydrogen-bond donors (Lipinski definition) is 1. The summed E-state index contributed by atoms with van der Waals surface area (Å²) in [6.07, 6.45) is -0.311. The number of aliphatic hydroxyl groups is 1. The SMILES string of the molecule is COC(OC)C(O)CC(C)C. The summed E-state index contributed by atoms with van der Waals surface area (Å²) < 4.78 is 9.78. The molecule has 0 aliphatic heterocycles. The maximum absolute atomic E-state index is 9.43. The van der Waals surface area contributed by atoms with Crippen molar-refractivity contribution >= 4 is 0 Å². The van der Waals surface area contributed by atoms with Gasteiger partial charge >= 0.3 is 0 Å². The first-order chi connectivity index (χ1) is 5.11. The van der Waals surface area contributed by atoms with Crippen LogP contribution in [0.1, 0.15) is 20.3 Å². The molecule has 1 atom stereocenters. The van der Waals surface area contributed by atoms with Crippen molar-refractivity contribution in [3.8, 4) is 0 Å². The molecular weight excluding hydrogens is 144 g/mol. The van der Waals surface area contributed by atoms with Crippen molar-refractivity contribution in [1.82, 2.24) is 0 Å². The number of aliphatic hydroxyl groups excluding tert-OH is 1. The highest BCUT2D eigenvalue weighted by molar-refractivity contribution is 4.61. The van der Waals surface area contributed by atoms with Gasteiger partial charge in [0.05, 0.1) is 0 Å². The first kappa shape index (κ1) is 10.9. The number of rotatable bonds is 5. The summed E-state index contributed by atoms with van der Waals surface area (Å²) >= 11 is 0. The van der Waals surface area contributed by atoms with Crippen LogP contribution in [0, 0.1) is 5.92 Å². The first-order valence-corrected chi connectivity index (χ1v) is 3.85. The molecule has 0 saturated heterocycles. The van der Waals surface area contributed by atoms with Crippen molar-refractivity contribution in [3.05, 3.63) is 0 Å². The molecule has 0 fully saturated rings. The minimum atomic E-state index is -0.523. The molecule has 3 nitrogen and oxygen atoms in total. The zero-order valence-electron chi connectivity index (χ0n) is 7.70. The summed E-state index contributed by atoms with van der Waals surface area (Å²) in [4.78, 5) is 0. The van der Waals surface area contributed by atoms with Crippen LogP contribution >= 0.6 is 0 Å². The molecule has 3 heteroatoms. The van der Waals surface area contributed by atoms with Crippen molar-refractivity contribution in [3.63, 3.8) is 0 Å². The van der Waals surface area contributed by atoms with Crippen molar-refractivity contribution < 1.29 is 14.6 Å². The van der Waals surface area contributed by atoms with Crippen LogP contribution in [-0.2, 0) is 9.47 Å². The predicted octanol–water partition coefficient (Wildman–Crippen LogP) is 1.01. The van der Waals surface area contributed by atoms with E-state index in [1.165, 1.54) is 14.2 Å². The monoisotopic (exact) mass is 162 g/mol. The lowest BCUT2D eigenvalue weighted by Gasteiger charge is -2.21. The van der Waals surface area contributed by atoms with Gasteiger partial charge in [0.15, 0.2) is 6.29 Å². The molecule has 0 rings (SSSR count). The number of ether oxygens (including phenoxy) is 2. The summed E-state index contributed by atoms with van der Waals surface area (Å²) in [7, 11) is 3.05. The smallest absolute Gasteiger partial charge is 0.182 e. The molecular formula is C8H18O3. The molecule has 0 bridgehead atoms. The molecule has 0 spiro atoms. The summed E-state index contributed by atoms with van der Waals surface area (Å²) in [6.45, 7) is 4.09. The van der Waals surface area contributed by atoms with Crippen LogP contribution in [0.15, 0.2) is 0 Å².